The molecule has 0 N–H and O–H groups in total. The Kier molecular flexibility index (Phi) is 4.85. The molecule has 1 saturated carbocycles. The van der Waals surface area contributed by atoms with Crippen LogP contribution in [-0.2, 0) is 0 Å². The Bertz CT molecular complexity index is 399. The summed E-state index contributed by atoms with van der Waals surface area (Å²) in [7, 11) is 2.28. The molecule has 0 amide bonds. The molecule has 0 saturated heterocycles. The van der Waals surface area contributed by atoms with Crippen LogP contribution in [0.1, 0.15) is 65.0 Å². The van der Waals surface area contributed by atoms with E-state index in [1.54, 1.807) is 0 Å². The van der Waals surface area contributed by atoms with E-state index in [-0.39, 0.29) is 0 Å². The maximum absolute atomic E-state index is 4.25. The highest BCUT2D eigenvalue weighted by Crippen LogP contribution is 2.39. The summed E-state index contributed by atoms with van der Waals surface area (Å²) in [6, 6.07) is 5.41. The maximum Gasteiger partial charge on any atom is 0.0335 e. The summed E-state index contributed by atoms with van der Waals surface area (Å²) in [5, 5.41) is 0. The number of hydrogen-bond donors (Lipinski definition) is 0. The maximum atomic E-state index is 4.25. The van der Waals surface area contributed by atoms with Crippen LogP contribution in [0.15, 0.2) is 24.5 Å². The van der Waals surface area contributed by atoms with Gasteiger partial charge in [-0.15, -0.1) is 0 Å². The number of aromatic nitrogens is 1. The Hall–Kier alpha value is -0.890. The number of nitrogens with zero attached hydrogens (tertiary/aromatic N) is 2. The van der Waals surface area contributed by atoms with Crippen molar-refractivity contribution in [2.45, 2.75) is 65.5 Å². The Morgan fingerprint density at radius 3 is 2.35 bits per heavy atom. The smallest absolute Gasteiger partial charge is 0.0335 e. The predicted octanol–water partition coefficient (Wildman–Crippen LogP) is 4.68. The second kappa shape index (κ2) is 6.26. The largest absolute Gasteiger partial charge is 0.297 e. The molecule has 1 unspecified atom stereocenters. The van der Waals surface area contributed by atoms with E-state index in [9.17, 15) is 0 Å². The highest BCUT2D eigenvalue weighted by atomic mass is 15.2. The fourth-order valence-corrected chi connectivity index (χ4v) is 3.52. The van der Waals surface area contributed by atoms with Gasteiger partial charge < -0.3 is 0 Å². The minimum Gasteiger partial charge on any atom is -0.297 e. The zero-order chi connectivity index (χ0) is 14.8. The molecule has 1 aromatic heterocycles. The van der Waals surface area contributed by atoms with E-state index in [2.05, 4.69) is 50.7 Å². The molecule has 2 rings (SSSR count). The van der Waals surface area contributed by atoms with Crippen LogP contribution in [0.4, 0.5) is 0 Å². The van der Waals surface area contributed by atoms with Crippen LogP contribution in [0.3, 0.4) is 0 Å². The number of pyridine rings is 1. The van der Waals surface area contributed by atoms with Gasteiger partial charge in [0.1, 0.15) is 0 Å². The first-order valence-electron chi connectivity index (χ1n) is 8.01. The van der Waals surface area contributed by atoms with Crippen LogP contribution in [0.5, 0.6) is 0 Å². The molecule has 0 aliphatic heterocycles. The molecule has 1 fully saturated rings. The van der Waals surface area contributed by atoms with E-state index in [0.717, 1.165) is 12.0 Å². The third kappa shape index (κ3) is 3.60. The fraction of sp³-hybridized carbons (Fsp3) is 0.722. The molecule has 112 valence electrons. The van der Waals surface area contributed by atoms with E-state index in [0.29, 0.717) is 11.5 Å². The van der Waals surface area contributed by atoms with Crippen molar-refractivity contribution >= 4 is 0 Å². The van der Waals surface area contributed by atoms with E-state index in [1.165, 1.54) is 31.2 Å². The first kappa shape index (κ1) is 15.5. The quantitative estimate of drug-likeness (QED) is 0.795. The first-order chi connectivity index (χ1) is 9.39. The standard InChI is InChI=1S/C18H30N2/c1-14(15-7-6-12-19-13-15)20(5)17-10-8-16(9-11-17)18(2,3)4/h6-7,12-14,16-17H,8-11H2,1-5H3. The summed E-state index contributed by atoms with van der Waals surface area (Å²) < 4.78 is 0. The van der Waals surface area contributed by atoms with Gasteiger partial charge in [0, 0.05) is 24.5 Å². The van der Waals surface area contributed by atoms with Crippen molar-refractivity contribution in [3.05, 3.63) is 30.1 Å². The van der Waals surface area contributed by atoms with Crippen LogP contribution < -0.4 is 0 Å². The molecule has 0 aromatic carbocycles. The third-order valence-electron chi connectivity index (χ3n) is 5.28. The van der Waals surface area contributed by atoms with Crippen molar-refractivity contribution in [1.82, 2.24) is 9.88 Å². The lowest BCUT2D eigenvalue weighted by Gasteiger charge is -2.41. The average molecular weight is 274 g/mol. The second-order valence-electron chi connectivity index (χ2n) is 7.50. The molecular formula is C18H30N2. The number of rotatable bonds is 3. The SMILES string of the molecule is CC(c1cccnc1)N(C)C1CCC(C(C)(C)C)CC1. The van der Waals surface area contributed by atoms with Crippen LogP contribution >= 0.6 is 0 Å². The fourth-order valence-electron chi connectivity index (χ4n) is 3.52. The van der Waals surface area contributed by atoms with Crippen LogP contribution in [0.25, 0.3) is 0 Å². The van der Waals surface area contributed by atoms with Gasteiger partial charge in [0.05, 0.1) is 0 Å². The van der Waals surface area contributed by atoms with Crippen molar-refractivity contribution < 1.29 is 0 Å². The van der Waals surface area contributed by atoms with Gasteiger partial charge in [-0.1, -0.05) is 26.8 Å². The number of hydrogen-bond acceptors (Lipinski definition) is 2. The molecule has 20 heavy (non-hydrogen) atoms. The Morgan fingerprint density at radius 1 is 1.20 bits per heavy atom. The molecule has 2 nitrogen and oxygen atoms in total. The minimum atomic E-state index is 0.458. The molecule has 1 aromatic rings. The van der Waals surface area contributed by atoms with Gasteiger partial charge in [-0.2, -0.15) is 0 Å². The summed E-state index contributed by atoms with van der Waals surface area (Å²) in [4.78, 5) is 6.80. The van der Waals surface area contributed by atoms with Crippen molar-refractivity contribution in [3.63, 3.8) is 0 Å². The molecular weight excluding hydrogens is 244 g/mol. The molecule has 0 spiro atoms. The van der Waals surface area contributed by atoms with E-state index in [1.807, 2.05) is 18.5 Å². The van der Waals surface area contributed by atoms with Gasteiger partial charge in [-0.3, -0.25) is 9.88 Å². The van der Waals surface area contributed by atoms with Gasteiger partial charge in [-0.25, -0.2) is 0 Å². The first-order valence-corrected chi connectivity index (χ1v) is 8.01. The topological polar surface area (TPSA) is 16.1 Å². The lowest BCUT2D eigenvalue weighted by molar-refractivity contribution is 0.0902. The van der Waals surface area contributed by atoms with E-state index in [4.69, 9.17) is 0 Å². The van der Waals surface area contributed by atoms with Crippen LogP contribution in [0.2, 0.25) is 0 Å². The normalized spacial score (nSPS) is 25.7. The zero-order valence-electron chi connectivity index (χ0n) is 13.8. The van der Waals surface area contributed by atoms with Crippen molar-refractivity contribution in [3.8, 4) is 0 Å². The monoisotopic (exact) mass is 274 g/mol. The van der Waals surface area contributed by atoms with Crippen LogP contribution in [0, 0.1) is 11.3 Å². The molecule has 1 aliphatic carbocycles. The lowest BCUT2D eigenvalue weighted by Crippen LogP contribution is -2.38. The average Bonchev–Trinajstić information content (AvgIpc) is 2.46. The van der Waals surface area contributed by atoms with Crippen molar-refractivity contribution in [2.24, 2.45) is 11.3 Å². The Morgan fingerprint density at radius 2 is 1.85 bits per heavy atom. The molecule has 2 heteroatoms. The summed E-state index contributed by atoms with van der Waals surface area (Å²) in [6.07, 6.45) is 9.27. The minimum absolute atomic E-state index is 0.458. The predicted molar refractivity (Wildman–Crippen MR) is 85.6 cm³/mol. The van der Waals surface area contributed by atoms with Gasteiger partial charge in [-0.05, 0) is 62.6 Å². The summed E-state index contributed by atoms with van der Waals surface area (Å²) >= 11 is 0. The third-order valence-corrected chi connectivity index (χ3v) is 5.28. The van der Waals surface area contributed by atoms with E-state index >= 15 is 0 Å². The molecule has 1 atom stereocenters. The molecule has 0 bridgehead atoms. The lowest BCUT2D eigenvalue weighted by atomic mass is 9.71. The molecule has 0 radical (unpaired) electrons. The van der Waals surface area contributed by atoms with Gasteiger partial charge in [0.15, 0.2) is 0 Å². The van der Waals surface area contributed by atoms with Gasteiger partial charge >= 0.3 is 0 Å². The van der Waals surface area contributed by atoms with Crippen molar-refractivity contribution in [2.75, 3.05) is 7.05 Å². The Labute approximate surface area is 124 Å². The van der Waals surface area contributed by atoms with Gasteiger partial charge in [0.25, 0.3) is 0 Å². The molecule has 1 heterocycles. The summed E-state index contributed by atoms with van der Waals surface area (Å²) in [5.41, 5.74) is 1.80. The summed E-state index contributed by atoms with van der Waals surface area (Å²) in [5.74, 6) is 0.890. The highest BCUT2D eigenvalue weighted by molar-refractivity contribution is 5.13. The molecule has 1 aliphatic rings. The highest BCUT2D eigenvalue weighted by Gasteiger charge is 2.32. The Balaban J connectivity index is 1.93. The summed E-state index contributed by atoms with van der Waals surface area (Å²) in [6.45, 7) is 9.47. The zero-order valence-corrected chi connectivity index (χ0v) is 13.8. The van der Waals surface area contributed by atoms with Crippen LogP contribution in [-0.4, -0.2) is 23.0 Å². The van der Waals surface area contributed by atoms with Gasteiger partial charge in [0.2, 0.25) is 0 Å². The second-order valence-corrected chi connectivity index (χ2v) is 7.50. The van der Waals surface area contributed by atoms with E-state index < -0.39 is 0 Å². The van der Waals surface area contributed by atoms with Crippen molar-refractivity contribution in [1.29, 1.82) is 0 Å².